The number of aromatic nitrogens is 1. The van der Waals surface area contributed by atoms with Crippen molar-refractivity contribution in [2.24, 2.45) is 0 Å². The fourth-order valence-corrected chi connectivity index (χ4v) is 2.94. The number of hydrogen-bond donors (Lipinski definition) is 2. The molecular formula is C12H11BrN2O2S. The molecule has 18 heavy (non-hydrogen) atoms. The Morgan fingerprint density at radius 1 is 1.33 bits per heavy atom. The van der Waals surface area contributed by atoms with Gasteiger partial charge in [-0.25, -0.2) is 0 Å². The molecule has 4 nitrogen and oxygen atoms in total. The number of hydrogen-bond acceptors (Lipinski definition) is 3. The van der Waals surface area contributed by atoms with Crippen LogP contribution in [-0.2, 0) is 6.42 Å². The maximum Gasteiger partial charge on any atom is 0.267 e. The highest BCUT2D eigenvalue weighted by Crippen LogP contribution is 2.21. The quantitative estimate of drug-likeness (QED) is 0.904. The number of H-pyrrole nitrogens is 1. The Labute approximate surface area is 116 Å². The van der Waals surface area contributed by atoms with E-state index in [-0.39, 0.29) is 17.2 Å². The zero-order valence-electron chi connectivity index (χ0n) is 9.40. The average Bonchev–Trinajstić information content (AvgIpc) is 2.75. The van der Waals surface area contributed by atoms with Crippen molar-refractivity contribution in [3.63, 3.8) is 0 Å². The Morgan fingerprint density at radius 3 is 2.83 bits per heavy atom. The molecule has 0 bridgehead atoms. The van der Waals surface area contributed by atoms with Crippen LogP contribution in [-0.4, -0.2) is 17.4 Å². The fourth-order valence-electron chi connectivity index (χ4n) is 1.46. The van der Waals surface area contributed by atoms with Gasteiger partial charge in [-0.1, -0.05) is 6.07 Å². The minimum atomic E-state index is -0.273. The van der Waals surface area contributed by atoms with Crippen LogP contribution in [0.1, 0.15) is 15.4 Å². The van der Waals surface area contributed by atoms with Crippen LogP contribution in [0.15, 0.2) is 38.9 Å². The van der Waals surface area contributed by atoms with Crippen LogP contribution in [0, 0.1) is 0 Å². The van der Waals surface area contributed by atoms with E-state index in [1.54, 1.807) is 23.5 Å². The lowest BCUT2D eigenvalue weighted by Crippen LogP contribution is -2.27. The first kappa shape index (κ1) is 13.0. The van der Waals surface area contributed by atoms with Gasteiger partial charge in [0.1, 0.15) is 5.69 Å². The van der Waals surface area contributed by atoms with Gasteiger partial charge in [0, 0.05) is 17.5 Å². The van der Waals surface area contributed by atoms with Gasteiger partial charge in [-0.05, 0) is 40.5 Å². The summed E-state index contributed by atoms with van der Waals surface area (Å²) in [5.74, 6) is -0.261. The third kappa shape index (κ3) is 3.54. The van der Waals surface area contributed by atoms with Gasteiger partial charge in [-0.2, -0.15) is 0 Å². The highest BCUT2D eigenvalue weighted by molar-refractivity contribution is 9.11. The Kier molecular flexibility index (Phi) is 4.33. The summed E-state index contributed by atoms with van der Waals surface area (Å²) in [5, 5.41) is 2.77. The topological polar surface area (TPSA) is 62.0 Å². The number of aromatic amines is 1. The summed E-state index contributed by atoms with van der Waals surface area (Å²) in [7, 11) is 0. The van der Waals surface area contributed by atoms with Crippen molar-refractivity contribution in [1.29, 1.82) is 0 Å². The van der Waals surface area contributed by atoms with Gasteiger partial charge in [-0.15, -0.1) is 11.3 Å². The van der Waals surface area contributed by atoms with Crippen molar-refractivity contribution in [2.75, 3.05) is 6.54 Å². The first-order valence-electron chi connectivity index (χ1n) is 5.37. The van der Waals surface area contributed by atoms with Gasteiger partial charge >= 0.3 is 0 Å². The van der Waals surface area contributed by atoms with Crippen LogP contribution in [0.25, 0.3) is 0 Å². The fraction of sp³-hybridized carbons (Fsp3) is 0.167. The summed E-state index contributed by atoms with van der Waals surface area (Å²) in [5.41, 5.74) is 0.0136. The number of carbonyl (C=O) groups excluding carboxylic acids is 1. The van der Waals surface area contributed by atoms with E-state index in [0.29, 0.717) is 6.54 Å². The highest BCUT2D eigenvalue weighted by Gasteiger charge is 2.05. The molecule has 0 fully saturated rings. The zero-order valence-corrected chi connectivity index (χ0v) is 11.8. The summed E-state index contributed by atoms with van der Waals surface area (Å²) < 4.78 is 1.08. The molecule has 0 spiro atoms. The van der Waals surface area contributed by atoms with E-state index >= 15 is 0 Å². The van der Waals surface area contributed by atoms with Crippen molar-refractivity contribution in [3.8, 4) is 0 Å². The monoisotopic (exact) mass is 326 g/mol. The van der Waals surface area contributed by atoms with Gasteiger partial charge in [0.2, 0.25) is 5.56 Å². The standard InChI is InChI=1S/C12H11BrN2O2S/c13-10-5-4-8(18-10)6-7-14-12(17)9-2-1-3-11(16)15-9/h1-5H,6-7H2,(H,14,17)(H,15,16). The van der Waals surface area contributed by atoms with Gasteiger partial charge < -0.3 is 10.3 Å². The number of nitrogens with one attached hydrogen (secondary N) is 2. The normalized spacial score (nSPS) is 10.3. The molecule has 0 radical (unpaired) electrons. The van der Waals surface area contributed by atoms with Crippen LogP contribution >= 0.6 is 27.3 Å². The van der Waals surface area contributed by atoms with Crippen molar-refractivity contribution < 1.29 is 4.79 Å². The molecule has 2 heterocycles. The Morgan fingerprint density at radius 2 is 2.17 bits per heavy atom. The molecule has 2 aromatic rings. The van der Waals surface area contributed by atoms with E-state index in [9.17, 15) is 9.59 Å². The molecule has 2 rings (SSSR count). The molecule has 0 aliphatic rings. The summed E-state index contributed by atoms with van der Waals surface area (Å²) >= 11 is 5.03. The molecule has 0 atom stereocenters. The van der Waals surface area contributed by atoms with E-state index in [0.717, 1.165) is 10.2 Å². The van der Waals surface area contributed by atoms with Gasteiger partial charge in [0.25, 0.3) is 5.91 Å². The van der Waals surface area contributed by atoms with E-state index in [1.807, 2.05) is 12.1 Å². The second-order valence-corrected chi connectivity index (χ2v) is 6.19. The first-order chi connectivity index (χ1) is 8.65. The second-order valence-electron chi connectivity index (χ2n) is 3.64. The first-order valence-corrected chi connectivity index (χ1v) is 6.98. The molecule has 0 aromatic carbocycles. The SMILES string of the molecule is O=C(NCCc1ccc(Br)s1)c1cccc(=O)[nH]1. The Bertz CT molecular complexity index is 606. The third-order valence-corrected chi connectivity index (χ3v) is 3.98. The summed E-state index contributed by atoms with van der Waals surface area (Å²) in [4.78, 5) is 26.4. The highest BCUT2D eigenvalue weighted by atomic mass is 79.9. The molecule has 2 aromatic heterocycles. The summed E-state index contributed by atoms with van der Waals surface area (Å²) in [6.45, 7) is 0.544. The minimum Gasteiger partial charge on any atom is -0.350 e. The smallest absolute Gasteiger partial charge is 0.267 e. The predicted octanol–water partition coefficient (Wildman–Crippen LogP) is 2.17. The molecule has 6 heteroatoms. The van der Waals surface area contributed by atoms with E-state index in [1.165, 1.54) is 10.9 Å². The van der Waals surface area contributed by atoms with Crippen LogP contribution in [0.2, 0.25) is 0 Å². The van der Waals surface area contributed by atoms with Crippen LogP contribution in [0.5, 0.6) is 0 Å². The van der Waals surface area contributed by atoms with Crippen LogP contribution < -0.4 is 10.9 Å². The lowest BCUT2D eigenvalue weighted by Gasteiger charge is -2.03. The maximum atomic E-state index is 11.7. The number of amides is 1. The van der Waals surface area contributed by atoms with E-state index in [2.05, 4.69) is 26.2 Å². The molecule has 0 saturated heterocycles. The van der Waals surface area contributed by atoms with Gasteiger partial charge in [0.05, 0.1) is 3.79 Å². The average molecular weight is 327 g/mol. The van der Waals surface area contributed by atoms with Crippen molar-refractivity contribution >= 4 is 33.2 Å². The summed E-state index contributed by atoms with van der Waals surface area (Å²) in [6, 6.07) is 8.52. The lowest BCUT2D eigenvalue weighted by atomic mass is 10.3. The number of thiophene rings is 1. The predicted molar refractivity (Wildman–Crippen MR) is 75.1 cm³/mol. The molecular weight excluding hydrogens is 316 g/mol. The number of pyridine rings is 1. The minimum absolute atomic E-state index is 0.261. The van der Waals surface area contributed by atoms with E-state index in [4.69, 9.17) is 0 Å². The Hall–Kier alpha value is -1.40. The van der Waals surface area contributed by atoms with Crippen molar-refractivity contribution in [1.82, 2.24) is 10.3 Å². The molecule has 0 aliphatic heterocycles. The molecule has 2 N–H and O–H groups in total. The van der Waals surface area contributed by atoms with Gasteiger partial charge in [0.15, 0.2) is 0 Å². The zero-order chi connectivity index (χ0) is 13.0. The molecule has 0 aliphatic carbocycles. The molecule has 1 amide bonds. The van der Waals surface area contributed by atoms with Crippen LogP contribution in [0.3, 0.4) is 0 Å². The molecule has 0 unspecified atom stereocenters. The Balaban J connectivity index is 1.87. The van der Waals surface area contributed by atoms with E-state index < -0.39 is 0 Å². The second kappa shape index (κ2) is 5.97. The summed E-state index contributed by atoms with van der Waals surface area (Å²) in [6.07, 6.45) is 0.777. The third-order valence-electron chi connectivity index (χ3n) is 2.30. The number of carbonyl (C=O) groups is 1. The van der Waals surface area contributed by atoms with Crippen molar-refractivity contribution in [3.05, 3.63) is 55.0 Å². The molecule has 94 valence electrons. The largest absolute Gasteiger partial charge is 0.350 e. The van der Waals surface area contributed by atoms with Crippen molar-refractivity contribution in [2.45, 2.75) is 6.42 Å². The number of halogens is 1. The number of rotatable bonds is 4. The van der Waals surface area contributed by atoms with Gasteiger partial charge in [-0.3, -0.25) is 9.59 Å². The maximum absolute atomic E-state index is 11.7. The molecule has 0 saturated carbocycles. The lowest BCUT2D eigenvalue weighted by molar-refractivity contribution is 0.0949. The van der Waals surface area contributed by atoms with Crippen LogP contribution in [0.4, 0.5) is 0 Å².